The Morgan fingerprint density at radius 1 is 1.33 bits per heavy atom. The first kappa shape index (κ1) is 10.5. The maximum atomic E-state index is 9.41. The Morgan fingerprint density at radius 3 is 2.94 bits per heavy atom. The van der Waals surface area contributed by atoms with Crippen LogP contribution >= 0.6 is 0 Å². The summed E-state index contributed by atoms with van der Waals surface area (Å²) in [6.07, 6.45) is 3.31. The molecule has 0 fully saturated rings. The van der Waals surface area contributed by atoms with Gasteiger partial charge in [0.2, 0.25) is 5.82 Å². The van der Waals surface area contributed by atoms with Crippen molar-refractivity contribution in [1.29, 1.82) is 0 Å². The summed E-state index contributed by atoms with van der Waals surface area (Å²) in [6, 6.07) is 6.70. The summed E-state index contributed by atoms with van der Waals surface area (Å²) in [5, 5.41) is 13.3. The summed E-state index contributed by atoms with van der Waals surface area (Å²) in [5.74, 6) is 0.995. The number of benzene rings is 1. The molecule has 0 aliphatic rings. The van der Waals surface area contributed by atoms with Crippen molar-refractivity contribution >= 4 is 0 Å². The van der Waals surface area contributed by atoms with Crippen LogP contribution in [-0.2, 0) is 7.05 Å². The molecule has 2 aromatic heterocycles. The summed E-state index contributed by atoms with van der Waals surface area (Å²) in [4.78, 5) is 8.26. The Bertz CT molecular complexity index is 687. The predicted molar refractivity (Wildman–Crippen MR) is 63.6 cm³/mol. The van der Waals surface area contributed by atoms with E-state index in [9.17, 15) is 5.11 Å². The van der Waals surface area contributed by atoms with Gasteiger partial charge in [-0.2, -0.15) is 4.98 Å². The molecule has 0 atom stereocenters. The number of imidazole rings is 1. The van der Waals surface area contributed by atoms with Gasteiger partial charge in [-0.15, -0.1) is 0 Å². The van der Waals surface area contributed by atoms with Crippen LogP contribution in [0.5, 0.6) is 5.75 Å². The number of phenolic OH excluding ortho intramolecular Hbond substituents is 1. The fraction of sp³-hybridized carbons (Fsp3) is 0.0833. The van der Waals surface area contributed by atoms with Crippen molar-refractivity contribution < 1.29 is 9.63 Å². The summed E-state index contributed by atoms with van der Waals surface area (Å²) in [6.45, 7) is 0. The van der Waals surface area contributed by atoms with Gasteiger partial charge in [0.05, 0.1) is 12.5 Å². The quantitative estimate of drug-likeness (QED) is 0.742. The second kappa shape index (κ2) is 3.99. The number of rotatable bonds is 2. The van der Waals surface area contributed by atoms with Crippen LogP contribution in [0, 0.1) is 0 Å². The van der Waals surface area contributed by atoms with E-state index >= 15 is 0 Å². The average molecular weight is 242 g/mol. The van der Waals surface area contributed by atoms with Crippen molar-refractivity contribution in [2.45, 2.75) is 0 Å². The van der Waals surface area contributed by atoms with E-state index in [-0.39, 0.29) is 5.75 Å². The molecule has 1 N–H and O–H groups in total. The lowest BCUT2D eigenvalue weighted by molar-refractivity contribution is 0.429. The zero-order valence-corrected chi connectivity index (χ0v) is 9.61. The molecule has 0 spiro atoms. The molecule has 0 saturated heterocycles. The zero-order valence-electron chi connectivity index (χ0n) is 9.61. The zero-order chi connectivity index (χ0) is 12.5. The third kappa shape index (κ3) is 1.73. The Morgan fingerprint density at radius 2 is 2.22 bits per heavy atom. The van der Waals surface area contributed by atoms with Crippen LogP contribution in [0.15, 0.2) is 41.3 Å². The Hall–Kier alpha value is -2.63. The Balaban J connectivity index is 2.02. The van der Waals surface area contributed by atoms with Crippen molar-refractivity contribution in [3.05, 3.63) is 36.8 Å². The summed E-state index contributed by atoms with van der Waals surface area (Å²) in [7, 11) is 1.85. The molecule has 3 rings (SSSR count). The second-order valence-electron chi connectivity index (χ2n) is 3.86. The van der Waals surface area contributed by atoms with Gasteiger partial charge in [-0.05, 0) is 12.1 Å². The van der Waals surface area contributed by atoms with Gasteiger partial charge in [-0.25, -0.2) is 4.98 Å². The first-order valence-electron chi connectivity index (χ1n) is 5.34. The molecule has 0 unspecified atom stereocenters. The molecule has 6 heteroatoms. The molecular weight excluding hydrogens is 232 g/mol. The average Bonchev–Trinajstić information content (AvgIpc) is 2.97. The van der Waals surface area contributed by atoms with E-state index in [2.05, 4.69) is 15.1 Å². The fourth-order valence-electron chi connectivity index (χ4n) is 1.65. The van der Waals surface area contributed by atoms with Crippen molar-refractivity contribution in [2.24, 2.45) is 7.05 Å². The molecule has 0 radical (unpaired) electrons. The van der Waals surface area contributed by atoms with Gasteiger partial charge in [0.1, 0.15) is 11.4 Å². The fourth-order valence-corrected chi connectivity index (χ4v) is 1.65. The first-order valence-corrected chi connectivity index (χ1v) is 5.34. The number of aromatic hydroxyl groups is 1. The molecule has 0 amide bonds. The van der Waals surface area contributed by atoms with E-state index in [1.165, 1.54) is 0 Å². The van der Waals surface area contributed by atoms with E-state index in [1.807, 2.05) is 7.05 Å². The second-order valence-corrected chi connectivity index (χ2v) is 3.86. The molecule has 0 bridgehead atoms. The van der Waals surface area contributed by atoms with Crippen LogP contribution in [0.4, 0.5) is 0 Å². The highest BCUT2D eigenvalue weighted by atomic mass is 16.5. The van der Waals surface area contributed by atoms with Crippen LogP contribution in [-0.4, -0.2) is 24.8 Å². The number of phenols is 1. The molecule has 0 saturated carbocycles. The minimum Gasteiger partial charge on any atom is -0.508 e. The molecule has 3 aromatic rings. The van der Waals surface area contributed by atoms with Gasteiger partial charge in [0.25, 0.3) is 5.89 Å². The van der Waals surface area contributed by atoms with Gasteiger partial charge >= 0.3 is 0 Å². The van der Waals surface area contributed by atoms with E-state index in [4.69, 9.17) is 4.52 Å². The van der Waals surface area contributed by atoms with E-state index < -0.39 is 0 Å². The van der Waals surface area contributed by atoms with Crippen LogP contribution in [0.1, 0.15) is 0 Å². The molecule has 1 aromatic carbocycles. The molecular formula is C12H10N4O2. The third-order valence-electron chi connectivity index (χ3n) is 2.57. The van der Waals surface area contributed by atoms with E-state index in [0.717, 1.165) is 5.69 Å². The maximum absolute atomic E-state index is 9.41. The number of aryl methyl sites for hydroxylation is 1. The standard InChI is InChI=1S/C12H10N4O2/c1-16-7-13-6-10(16)12-14-11(15-18-12)8-3-2-4-9(17)5-8/h2-7,17H,1H3. The molecule has 2 heterocycles. The highest BCUT2D eigenvalue weighted by Gasteiger charge is 2.13. The van der Waals surface area contributed by atoms with E-state index in [1.54, 1.807) is 41.4 Å². The van der Waals surface area contributed by atoms with Crippen LogP contribution in [0.3, 0.4) is 0 Å². The van der Waals surface area contributed by atoms with Crippen molar-refractivity contribution in [3.63, 3.8) is 0 Å². The predicted octanol–water partition coefficient (Wildman–Crippen LogP) is 1.84. The van der Waals surface area contributed by atoms with E-state index in [0.29, 0.717) is 17.3 Å². The monoisotopic (exact) mass is 242 g/mol. The molecule has 18 heavy (non-hydrogen) atoms. The largest absolute Gasteiger partial charge is 0.508 e. The van der Waals surface area contributed by atoms with Crippen LogP contribution < -0.4 is 0 Å². The lowest BCUT2D eigenvalue weighted by Crippen LogP contribution is -1.89. The first-order chi connectivity index (χ1) is 8.74. The van der Waals surface area contributed by atoms with Crippen molar-refractivity contribution in [2.75, 3.05) is 0 Å². The van der Waals surface area contributed by atoms with Crippen LogP contribution in [0.25, 0.3) is 23.0 Å². The minimum atomic E-state index is 0.166. The minimum absolute atomic E-state index is 0.166. The Kier molecular flexibility index (Phi) is 2.33. The van der Waals surface area contributed by atoms with Gasteiger partial charge in [0, 0.05) is 12.6 Å². The maximum Gasteiger partial charge on any atom is 0.276 e. The summed E-state index contributed by atoms with van der Waals surface area (Å²) >= 11 is 0. The summed E-state index contributed by atoms with van der Waals surface area (Å²) < 4.78 is 6.97. The normalized spacial score (nSPS) is 10.7. The topological polar surface area (TPSA) is 77.0 Å². The Labute approximate surface area is 103 Å². The van der Waals surface area contributed by atoms with Crippen molar-refractivity contribution in [1.82, 2.24) is 19.7 Å². The number of nitrogens with zero attached hydrogens (tertiary/aromatic N) is 4. The van der Waals surface area contributed by atoms with Crippen LogP contribution in [0.2, 0.25) is 0 Å². The van der Waals surface area contributed by atoms with Gasteiger partial charge in [-0.3, -0.25) is 0 Å². The number of hydrogen-bond acceptors (Lipinski definition) is 5. The molecule has 90 valence electrons. The van der Waals surface area contributed by atoms with Gasteiger partial charge in [0.15, 0.2) is 0 Å². The lowest BCUT2D eigenvalue weighted by atomic mass is 10.2. The SMILES string of the molecule is Cn1cncc1-c1nc(-c2cccc(O)c2)no1. The molecule has 0 aliphatic heterocycles. The molecule has 6 nitrogen and oxygen atoms in total. The molecule has 0 aliphatic carbocycles. The highest BCUT2D eigenvalue weighted by molar-refractivity contribution is 5.59. The smallest absolute Gasteiger partial charge is 0.276 e. The lowest BCUT2D eigenvalue weighted by Gasteiger charge is -1.95. The van der Waals surface area contributed by atoms with Gasteiger partial charge in [-0.1, -0.05) is 17.3 Å². The van der Waals surface area contributed by atoms with Crippen molar-refractivity contribution in [3.8, 4) is 28.7 Å². The number of aromatic nitrogens is 4. The van der Waals surface area contributed by atoms with Gasteiger partial charge < -0.3 is 14.2 Å². The number of hydrogen-bond donors (Lipinski definition) is 1. The highest BCUT2D eigenvalue weighted by Crippen LogP contribution is 2.23. The summed E-state index contributed by atoms with van der Waals surface area (Å²) in [5.41, 5.74) is 1.45. The third-order valence-corrected chi connectivity index (χ3v) is 2.57.